The van der Waals surface area contributed by atoms with Crippen molar-refractivity contribution in [2.45, 2.75) is 46.2 Å². The van der Waals surface area contributed by atoms with Crippen LogP contribution in [0.15, 0.2) is 29.6 Å². The van der Waals surface area contributed by atoms with Crippen molar-refractivity contribution in [3.8, 4) is 0 Å². The van der Waals surface area contributed by atoms with Gasteiger partial charge < -0.3 is 4.43 Å². The summed E-state index contributed by atoms with van der Waals surface area (Å²) in [6.45, 7) is 15.9. The van der Waals surface area contributed by atoms with Crippen molar-refractivity contribution in [2.24, 2.45) is 0 Å². The van der Waals surface area contributed by atoms with E-state index >= 15 is 0 Å². The topological polar surface area (TPSA) is 9.23 Å². The molecule has 0 amide bonds. The maximum Gasteiger partial charge on any atom is 0.241 e. The lowest BCUT2D eigenvalue weighted by Gasteiger charge is -2.29. The molecule has 0 unspecified atom stereocenters. The Balaban J connectivity index is 3.07. The molecule has 1 aromatic rings. The normalized spacial score (nSPS) is 13.6. The molecule has 1 aromatic carbocycles. The third-order valence-corrected chi connectivity index (χ3v) is 5.29. The number of rotatable bonds is 4. The molecular weight excluding hydrogens is 252 g/mol. The van der Waals surface area contributed by atoms with Gasteiger partial charge in [-0.25, -0.2) is 0 Å². The predicted molar refractivity (Wildman–Crippen MR) is 86.9 cm³/mol. The molecule has 0 aliphatic rings. The lowest BCUT2D eigenvalue weighted by Crippen LogP contribution is -2.34. The van der Waals surface area contributed by atoms with Gasteiger partial charge in [-0.2, -0.15) is 0 Å². The van der Waals surface area contributed by atoms with E-state index in [4.69, 9.17) is 4.43 Å². The smallest absolute Gasteiger partial charge is 0.241 e. The number of benzene rings is 1. The summed E-state index contributed by atoms with van der Waals surface area (Å²) in [7, 11) is -2.95. The van der Waals surface area contributed by atoms with Crippen LogP contribution in [-0.4, -0.2) is 16.4 Å². The molecule has 0 spiro atoms. The van der Waals surface area contributed by atoms with Crippen molar-refractivity contribution in [1.29, 1.82) is 0 Å². The molecule has 0 heterocycles. The molecule has 1 nitrogen and oxygen atoms in total. The van der Waals surface area contributed by atoms with Crippen LogP contribution >= 0.6 is 0 Å². The third-order valence-electron chi connectivity index (χ3n) is 2.53. The van der Waals surface area contributed by atoms with Crippen molar-refractivity contribution in [2.75, 3.05) is 0 Å². The monoisotopic (exact) mass is 278 g/mol. The second kappa shape index (κ2) is 5.45. The van der Waals surface area contributed by atoms with E-state index in [0.29, 0.717) is 0 Å². The van der Waals surface area contributed by atoms with Gasteiger partial charge in [0.1, 0.15) is 8.07 Å². The fourth-order valence-corrected chi connectivity index (χ4v) is 5.00. The molecule has 1 rings (SSSR count). The zero-order chi connectivity index (χ0) is 14.0. The van der Waals surface area contributed by atoms with Crippen LogP contribution in [0.2, 0.25) is 39.3 Å². The zero-order valence-electron chi connectivity index (χ0n) is 12.8. The summed E-state index contributed by atoms with van der Waals surface area (Å²) >= 11 is 0. The van der Waals surface area contributed by atoms with E-state index < -0.39 is 16.4 Å². The van der Waals surface area contributed by atoms with Gasteiger partial charge in [-0.05, 0) is 38.2 Å². The Morgan fingerprint density at radius 3 is 1.83 bits per heavy atom. The number of hydrogen-bond donors (Lipinski definition) is 0. The Labute approximate surface area is 114 Å². The van der Waals surface area contributed by atoms with Gasteiger partial charge in [0.05, 0.1) is 5.38 Å². The quantitative estimate of drug-likeness (QED) is 0.552. The van der Waals surface area contributed by atoms with Crippen LogP contribution < -0.4 is 0 Å². The van der Waals surface area contributed by atoms with E-state index in [1.807, 2.05) is 0 Å². The van der Waals surface area contributed by atoms with Crippen LogP contribution in [0, 0.1) is 6.92 Å². The van der Waals surface area contributed by atoms with Crippen molar-refractivity contribution >= 4 is 22.5 Å². The van der Waals surface area contributed by atoms with Crippen LogP contribution in [-0.2, 0) is 4.43 Å². The first-order chi connectivity index (χ1) is 8.08. The fourth-order valence-electron chi connectivity index (χ4n) is 1.54. The highest BCUT2D eigenvalue weighted by atomic mass is 28.4. The SMILES string of the molecule is Cc1ccc(/C=C(\O[Si](C)(C)C)[Si](C)(C)C)cc1. The van der Waals surface area contributed by atoms with E-state index in [9.17, 15) is 0 Å². The highest BCUT2D eigenvalue weighted by molar-refractivity contribution is 6.84. The first-order valence-electron chi connectivity index (χ1n) is 6.56. The molecule has 0 saturated heterocycles. The van der Waals surface area contributed by atoms with Crippen LogP contribution in [0.5, 0.6) is 0 Å². The van der Waals surface area contributed by atoms with Gasteiger partial charge in [0.25, 0.3) is 0 Å². The first-order valence-corrected chi connectivity index (χ1v) is 13.5. The lowest BCUT2D eigenvalue weighted by atomic mass is 10.1. The van der Waals surface area contributed by atoms with Crippen LogP contribution in [0.1, 0.15) is 11.1 Å². The van der Waals surface area contributed by atoms with E-state index in [-0.39, 0.29) is 0 Å². The maximum atomic E-state index is 6.30. The van der Waals surface area contributed by atoms with Gasteiger partial charge in [-0.1, -0.05) is 49.5 Å². The highest BCUT2D eigenvalue weighted by Crippen LogP contribution is 2.23. The van der Waals surface area contributed by atoms with Crippen molar-refractivity contribution in [3.05, 3.63) is 40.8 Å². The second-order valence-corrected chi connectivity index (χ2v) is 16.3. The van der Waals surface area contributed by atoms with E-state index in [1.54, 1.807) is 0 Å². The molecule has 18 heavy (non-hydrogen) atoms. The van der Waals surface area contributed by atoms with E-state index in [0.717, 1.165) is 0 Å². The van der Waals surface area contributed by atoms with Crippen molar-refractivity contribution in [3.63, 3.8) is 0 Å². The molecule has 0 fully saturated rings. The summed E-state index contributed by atoms with van der Waals surface area (Å²) in [5.41, 5.74) is 2.55. The Hall–Kier alpha value is -0.806. The van der Waals surface area contributed by atoms with Gasteiger partial charge in [0, 0.05) is 0 Å². The molecule has 0 aromatic heterocycles. The Kier molecular flexibility index (Phi) is 4.62. The minimum Gasteiger partial charge on any atom is -0.551 e. The standard InChI is InChI=1S/C15H26OSi2/c1-13-8-10-14(11-9-13)12-15(17(2,3)4)16-18(5,6)7/h8-12H,1-7H3/b15-12+. The minimum atomic E-state index is -1.53. The summed E-state index contributed by atoms with van der Waals surface area (Å²) in [6, 6.07) is 8.65. The Morgan fingerprint density at radius 2 is 1.44 bits per heavy atom. The van der Waals surface area contributed by atoms with Crippen molar-refractivity contribution in [1.82, 2.24) is 0 Å². The number of aryl methyl sites for hydroxylation is 1. The van der Waals surface area contributed by atoms with Crippen molar-refractivity contribution < 1.29 is 4.43 Å². The number of hydrogen-bond acceptors (Lipinski definition) is 1. The van der Waals surface area contributed by atoms with E-state index in [1.165, 1.54) is 16.5 Å². The molecule has 0 atom stereocenters. The maximum absolute atomic E-state index is 6.30. The van der Waals surface area contributed by atoms with Gasteiger partial charge in [0.2, 0.25) is 8.32 Å². The first kappa shape index (κ1) is 15.3. The lowest BCUT2D eigenvalue weighted by molar-refractivity contribution is 0.457. The molecule has 0 saturated carbocycles. The summed E-state index contributed by atoms with van der Waals surface area (Å²) in [6.07, 6.45) is 2.24. The summed E-state index contributed by atoms with van der Waals surface area (Å²) in [5, 5.41) is 1.23. The molecule has 3 heteroatoms. The highest BCUT2D eigenvalue weighted by Gasteiger charge is 2.27. The van der Waals surface area contributed by atoms with Gasteiger partial charge in [0.15, 0.2) is 0 Å². The Morgan fingerprint density at radius 1 is 0.944 bits per heavy atom. The summed E-state index contributed by atoms with van der Waals surface area (Å²) in [5.74, 6) is 0. The molecular formula is C15H26OSi2. The van der Waals surface area contributed by atoms with E-state index in [2.05, 4.69) is 76.5 Å². The average Bonchev–Trinajstić information content (AvgIpc) is 2.17. The molecule has 100 valence electrons. The molecule has 0 radical (unpaired) electrons. The zero-order valence-corrected chi connectivity index (χ0v) is 14.8. The van der Waals surface area contributed by atoms with Gasteiger partial charge >= 0.3 is 0 Å². The van der Waals surface area contributed by atoms with Gasteiger partial charge in [-0.3, -0.25) is 0 Å². The van der Waals surface area contributed by atoms with Crippen LogP contribution in [0.4, 0.5) is 0 Å². The molecule has 0 N–H and O–H groups in total. The Bertz CT molecular complexity index is 419. The average molecular weight is 279 g/mol. The van der Waals surface area contributed by atoms with Crippen LogP contribution in [0.25, 0.3) is 6.08 Å². The second-order valence-electron chi connectivity index (χ2n) is 6.88. The molecule has 0 bridgehead atoms. The minimum absolute atomic E-state index is 1.23. The van der Waals surface area contributed by atoms with Crippen LogP contribution in [0.3, 0.4) is 0 Å². The molecule has 0 aliphatic heterocycles. The fraction of sp³-hybridized carbons (Fsp3) is 0.467. The third kappa shape index (κ3) is 5.23. The predicted octanol–water partition coefficient (Wildman–Crippen LogP) is 5.06. The molecule has 0 aliphatic carbocycles. The largest absolute Gasteiger partial charge is 0.551 e. The van der Waals surface area contributed by atoms with Gasteiger partial charge in [-0.15, -0.1) is 0 Å². The summed E-state index contributed by atoms with van der Waals surface area (Å²) in [4.78, 5) is 0. The summed E-state index contributed by atoms with van der Waals surface area (Å²) < 4.78 is 6.30.